The predicted molar refractivity (Wildman–Crippen MR) is 111 cm³/mol. The van der Waals surface area contributed by atoms with Gasteiger partial charge in [-0.3, -0.25) is 0 Å². The number of rotatable bonds is 10. The first-order chi connectivity index (χ1) is 14.9. The minimum absolute atomic E-state index is 0.0513. The number of aromatic nitrogens is 1. The van der Waals surface area contributed by atoms with E-state index in [9.17, 15) is 13.6 Å². The highest BCUT2D eigenvalue weighted by Gasteiger charge is 2.25. The van der Waals surface area contributed by atoms with Gasteiger partial charge in [-0.1, -0.05) is 36.3 Å². The van der Waals surface area contributed by atoms with E-state index >= 15 is 0 Å². The van der Waals surface area contributed by atoms with Gasteiger partial charge in [0.2, 0.25) is 5.76 Å². The van der Waals surface area contributed by atoms with Gasteiger partial charge in [0.05, 0.1) is 6.20 Å². The maximum absolute atomic E-state index is 13.5. The number of aryl methyl sites for hydroxylation is 1. The van der Waals surface area contributed by atoms with Crippen molar-refractivity contribution in [3.63, 3.8) is 0 Å². The normalized spacial score (nSPS) is 13.0. The Balaban J connectivity index is 1.67. The van der Waals surface area contributed by atoms with E-state index in [1.807, 2.05) is 12.1 Å². The fraction of sp³-hybridized carbons (Fsp3) is 0.304. The molecule has 2 unspecified atom stereocenters. The van der Waals surface area contributed by atoms with Crippen LogP contribution in [0.25, 0.3) is 0 Å². The third-order valence-electron chi connectivity index (χ3n) is 4.84. The molecule has 0 saturated carbocycles. The highest BCUT2D eigenvalue weighted by molar-refractivity contribution is 5.86. The molecule has 1 heterocycles. The van der Waals surface area contributed by atoms with E-state index in [2.05, 4.69) is 29.5 Å². The minimum Gasteiger partial charge on any atom is -0.453 e. The van der Waals surface area contributed by atoms with Crippen molar-refractivity contribution in [2.24, 2.45) is 5.73 Å². The molecule has 0 aliphatic rings. The molecule has 0 amide bonds. The number of nitrogens with two attached hydrogens (primary N) is 1. The zero-order valence-electron chi connectivity index (χ0n) is 17.2. The summed E-state index contributed by atoms with van der Waals surface area (Å²) in [5.74, 6) is -2.14. The van der Waals surface area contributed by atoms with Crippen molar-refractivity contribution >= 4 is 5.97 Å². The number of carbonyl (C=O) groups excluding carboxylic acids is 1. The molecule has 2 aromatic carbocycles. The molecule has 0 aliphatic carbocycles. The fourth-order valence-corrected chi connectivity index (χ4v) is 3.25. The van der Waals surface area contributed by atoms with Gasteiger partial charge in [-0.05, 0) is 41.7 Å². The SMILES string of the molecule is CCc1cccc(CNCC(OC(=O)c2ccno2)C(N)Cc2cc(F)cc(F)c2)c1. The van der Waals surface area contributed by atoms with Crippen molar-refractivity contribution in [1.82, 2.24) is 10.5 Å². The highest BCUT2D eigenvalue weighted by Crippen LogP contribution is 2.14. The molecule has 8 heteroatoms. The van der Waals surface area contributed by atoms with E-state index in [0.717, 1.165) is 18.1 Å². The summed E-state index contributed by atoms with van der Waals surface area (Å²) in [5, 5.41) is 6.74. The van der Waals surface area contributed by atoms with Crippen molar-refractivity contribution in [3.05, 3.63) is 88.8 Å². The zero-order chi connectivity index (χ0) is 22.2. The van der Waals surface area contributed by atoms with Crippen molar-refractivity contribution in [1.29, 1.82) is 0 Å². The number of esters is 1. The molecule has 3 aromatic rings. The number of nitrogens with one attached hydrogen (secondary N) is 1. The van der Waals surface area contributed by atoms with Gasteiger partial charge in [0.1, 0.15) is 17.7 Å². The predicted octanol–water partition coefficient (Wildman–Crippen LogP) is 3.40. The van der Waals surface area contributed by atoms with E-state index in [0.29, 0.717) is 12.1 Å². The lowest BCUT2D eigenvalue weighted by Gasteiger charge is -2.24. The average molecular weight is 429 g/mol. The van der Waals surface area contributed by atoms with E-state index in [4.69, 9.17) is 15.0 Å². The molecule has 31 heavy (non-hydrogen) atoms. The Kier molecular flexibility index (Phi) is 7.86. The van der Waals surface area contributed by atoms with Crippen LogP contribution in [0.3, 0.4) is 0 Å². The number of halogens is 2. The molecule has 3 N–H and O–H groups in total. The molecule has 2 atom stereocenters. The number of nitrogens with zero attached hydrogens (tertiary/aromatic N) is 1. The molecule has 1 aromatic heterocycles. The largest absolute Gasteiger partial charge is 0.453 e. The van der Waals surface area contributed by atoms with Crippen LogP contribution in [0.2, 0.25) is 0 Å². The molecule has 0 spiro atoms. The van der Waals surface area contributed by atoms with Crippen LogP contribution in [0.15, 0.2) is 59.3 Å². The summed E-state index contributed by atoms with van der Waals surface area (Å²) >= 11 is 0. The topological polar surface area (TPSA) is 90.4 Å². The number of hydrogen-bond acceptors (Lipinski definition) is 6. The van der Waals surface area contributed by atoms with Gasteiger partial charge in [0, 0.05) is 31.3 Å². The van der Waals surface area contributed by atoms with Crippen molar-refractivity contribution < 1.29 is 22.8 Å². The smallest absolute Gasteiger partial charge is 0.377 e. The summed E-state index contributed by atoms with van der Waals surface area (Å²) in [6.07, 6.45) is 1.62. The van der Waals surface area contributed by atoms with Gasteiger partial charge in [0.25, 0.3) is 0 Å². The molecule has 0 bridgehead atoms. The molecule has 0 radical (unpaired) electrons. The minimum atomic E-state index is -0.765. The van der Waals surface area contributed by atoms with Crippen LogP contribution < -0.4 is 11.1 Å². The first-order valence-electron chi connectivity index (χ1n) is 10.1. The Labute approximate surface area is 179 Å². The molecule has 0 aliphatic heterocycles. The summed E-state index contributed by atoms with van der Waals surface area (Å²) < 4.78 is 37.4. The standard InChI is InChI=1S/C23H25F2N3O3/c1-2-15-4-3-5-16(8-15)13-27-14-22(30-23(29)21-6-7-28-31-21)20(26)11-17-9-18(24)12-19(25)10-17/h3-10,12,20,22,27H,2,11,13-14,26H2,1H3. The third-order valence-corrected chi connectivity index (χ3v) is 4.84. The Hall–Kier alpha value is -3.10. The molecule has 0 fully saturated rings. The molecular weight excluding hydrogens is 404 g/mol. The Morgan fingerprint density at radius 2 is 1.87 bits per heavy atom. The van der Waals surface area contributed by atoms with Gasteiger partial charge in [0.15, 0.2) is 0 Å². The van der Waals surface area contributed by atoms with Crippen LogP contribution in [-0.2, 0) is 24.1 Å². The van der Waals surface area contributed by atoms with Crippen molar-refractivity contribution in [3.8, 4) is 0 Å². The van der Waals surface area contributed by atoms with Crippen LogP contribution >= 0.6 is 0 Å². The van der Waals surface area contributed by atoms with Crippen LogP contribution in [0.4, 0.5) is 8.78 Å². The second-order valence-electron chi connectivity index (χ2n) is 7.27. The zero-order valence-corrected chi connectivity index (χ0v) is 17.2. The van der Waals surface area contributed by atoms with Gasteiger partial charge >= 0.3 is 5.97 Å². The fourth-order valence-electron chi connectivity index (χ4n) is 3.25. The van der Waals surface area contributed by atoms with E-state index < -0.39 is 29.7 Å². The van der Waals surface area contributed by atoms with E-state index in [1.54, 1.807) is 0 Å². The van der Waals surface area contributed by atoms with Gasteiger partial charge in [-0.15, -0.1) is 0 Å². The molecule has 164 valence electrons. The quantitative estimate of drug-likeness (QED) is 0.480. The van der Waals surface area contributed by atoms with Crippen LogP contribution in [0.1, 0.15) is 34.2 Å². The first-order valence-corrected chi connectivity index (χ1v) is 10.1. The monoisotopic (exact) mass is 429 g/mol. The summed E-state index contributed by atoms with van der Waals surface area (Å²) in [5.41, 5.74) is 8.95. The second-order valence-corrected chi connectivity index (χ2v) is 7.27. The Bertz CT molecular complexity index is 975. The summed E-state index contributed by atoms with van der Waals surface area (Å²) in [7, 11) is 0. The molecule has 3 rings (SSSR count). The Morgan fingerprint density at radius 1 is 1.13 bits per heavy atom. The van der Waals surface area contributed by atoms with E-state index in [1.165, 1.54) is 30.0 Å². The number of hydrogen-bond donors (Lipinski definition) is 2. The maximum atomic E-state index is 13.5. The maximum Gasteiger partial charge on any atom is 0.377 e. The first kappa shape index (κ1) is 22.6. The molecular formula is C23H25F2N3O3. The summed E-state index contributed by atoms with van der Waals surface area (Å²) in [6.45, 7) is 2.88. The van der Waals surface area contributed by atoms with Gasteiger partial charge in [-0.25, -0.2) is 13.6 Å². The summed E-state index contributed by atoms with van der Waals surface area (Å²) in [6, 6.07) is 12.0. The van der Waals surface area contributed by atoms with Crippen molar-refractivity contribution in [2.45, 2.75) is 38.5 Å². The lowest BCUT2D eigenvalue weighted by Crippen LogP contribution is -2.45. The van der Waals surface area contributed by atoms with Crippen LogP contribution in [0, 0.1) is 11.6 Å². The van der Waals surface area contributed by atoms with Crippen molar-refractivity contribution in [2.75, 3.05) is 6.54 Å². The number of carbonyl (C=O) groups is 1. The lowest BCUT2D eigenvalue weighted by atomic mass is 10.0. The Morgan fingerprint density at radius 3 is 2.55 bits per heavy atom. The molecule has 0 saturated heterocycles. The summed E-state index contributed by atoms with van der Waals surface area (Å²) in [4.78, 5) is 12.3. The van der Waals surface area contributed by atoms with Gasteiger partial charge < -0.3 is 20.3 Å². The van der Waals surface area contributed by atoms with E-state index in [-0.39, 0.29) is 18.7 Å². The third kappa shape index (κ3) is 6.70. The second kappa shape index (κ2) is 10.8. The average Bonchev–Trinajstić information content (AvgIpc) is 3.27. The number of benzene rings is 2. The van der Waals surface area contributed by atoms with Crippen LogP contribution in [0.5, 0.6) is 0 Å². The van der Waals surface area contributed by atoms with Gasteiger partial charge in [-0.2, -0.15) is 0 Å². The molecule has 6 nitrogen and oxygen atoms in total. The number of ether oxygens (including phenoxy) is 1. The lowest BCUT2D eigenvalue weighted by molar-refractivity contribution is 0.0194. The highest BCUT2D eigenvalue weighted by atomic mass is 19.1. The van der Waals surface area contributed by atoms with Crippen LogP contribution in [-0.4, -0.2) is 29.8 Å².